The molecular formula is C26H31NO6. The fourth-order valence-corrected chi connectivity index (χ4v) is 3.76. The Balaban J connectivity index is 1.71. The molecule has 1 fully saturated rings. The quantitative estimate of drug-likeness (QED) is 0.556. The van der Waals surface area contributed by atoms with Crippen LogP contribution in [-0.2, 0) is 14.3 Å². The highest BCUT2D eigenvalue weighted by molar-refractivity contribution is 6.15. The van der Waals surface area contributed by atoms with Gasteiger partial charge in [-0.3, -0.25) is 14.4 Å². The standard InChI is InChI=1S/C26H31NO6/c1-5-22(29)26(3,23(30)14-28)27(4)24(31)20-8-6-18(7-9-20)19-10-12-21(13-11-19)33-17-25(2)15-32-16-25/h6-13,28H,5,14-17H2,1-4H3/t26-/m0/s1. The average Bonchev–Trinajstić information content (AvgIpc) is 2.84. The van der Waals surface area contributed by atoms with Gasteiger partial charge in [-0.05, 0) is 42.3 Å². The Morgan fingerprint density at radius 2 is 1.58 bits per heavy atom. The highest BCUT2D eigenvalue weighted by Crippen LogP contribution is 2.29. The molecule has 1 aliphatic heterocycles. The molecule has 2 aromatic carbocycles. The van der Waals surface area contributed by atoms with Crippen molar-refractivity contribution in [2.24, 2.45) is 5.41 Å². The van der Waals surface area contributed by atoms with Gasteiger partial charge in [0, 0.05) is 24.4 Å². The van der Waals surface area contributed by atoms with Gasteiger partial charge in [0.25, 0.3) is 5.91 Å². The van der Waals surface area contributed by atoms with E-state index in [1.54, 1.807) is 19.1 Å². The van der Waals surface area contributed by atoms with E-state index in [2.05, 4.69) is 6.92 Å². The first-order valence-corrected chi connectivity index (χ1v) is 11.0. The van der Waals surface area contributed by atoms with Crippen molar-refractivity contribution in [1.29, 1.82) is 0 Å². The zero-order valence-electron chi connectivity index (χ0n) is 19.6. The van der Waals surface area contributed by atoms with Crippen molar-refractivity contribution in [3.05, 3.63) is 54.1 Å². The van der Waals surface area contributed by atoms with Crippen molar-refractivity contribution in [3.8, 4) is 16.9 Å². The second kappa shape index (κ2) is 9.85. The van der Waals surface area contributed by atoms with Gasteiger partial charge in [0.1, 0.15) is 12.4 Å². The van der Waals surface area contributed by atoms with Gasteiger partial charge in [-0.15, -0.1) is 0 Å². The van der Waals surface area contributed by atoms with Gasteiger partial charge in [-0.2, -0.15) is 0 Å². The normalized spacial score (nSPS) is 16.3. The molecule has 2 aromatic rings. The third-order valence-electron chi connectivity index (χ3n) is 6.33. The number of aliphatic hydroxyl groups is 1. The van der Waals surface area contributed by atoms with Gasteiger partial charge in [0.05, 0.1) is 19.8 Å². The maximum atomic E-state index is 13.0. The number of ketones is 2. The van der Waals surface area contributed by atoms with Crippen LogP contribution in [0.15, 0.2) is 48.5 Å². The summed E-state index contributed by atoms with van der Waals surface area (Å²) in [5.41, 5.74) is 0.595. The fraction of sp³-hybridized carbons (Fsp3) is 0.423. The molecule has 0 unspecified atom stereocenters. The van der Waals surface area contributed by atoms with E-state index < -0.39 is 29.6 Å². The number of amides is 1. The average molecular weight is 454 g/mol. The zero-order valence-corrected chi connectivity index (χ0v) is 19.6. The summed E-state index contributed by atoms with van der Waals surface area (Å²) < 4.78 is 11.1. The molecule has 7 heteroatoms. The van der Waals surface area contributed by atoms with Gasteiger partial charge in [-0.1, -0.05) is 38.1 Å². The van der Waals surface area contributed by atoms with Gasteiger partial charge < -0.3 is 19.5 Å². The number of likely N-dealkylation sites (N-methyl/N-ethyl adjacent to an activating group) is 1. The van der Waals surface area contributed by atoms with Crippen LogP contribution in [0.25, 0.3) is 11.1 Å². The monoisotopic (exact) mass is 453 g/mol. The summed E-state index contributed by atoms with van der Waals surface area (Å²) in [6.07, 6.45) is 0.0749. The number of Topliss-reactive ketones (excluding diaryl/α,β-unsaturated/α-hetero) is 2. The van der Waals surface area contributed by atoms with Crippen molar-refractivity contribution in [2.75, 3.05) is 33.5 Å². The van der Waals surface area contributed by atoms with Gasteiger partial charge in [0.2, 0.25) is 0 Å². The van der Waals surface area contributed by atoms with Crippen LogP contribution in [0.3, 0.4) is 0 Å². The van der Waals surface area contributed by atoms with E-state index in [0.717, 1.165) is 21.8 Å². The molecule has 0 radical (unpaired) electrons. The molecule has 1 saturated heterocycles. The highest BCUT2D eigenvalue weighted by atomic mass is 16.5. The summed E-state index contributed by atoms with van der Waals surface area (Å²) in [6, 6.07) is 14.7. The Morgan fingerprint density at radius 1 is 1.03 bits per heavy atom. The van der Waals surface area contributed by atoms with Crippen molar-refractivity contribution < 1.29 is 29.0 Å². The lowest BCUT2D eigenvalue weighted by Crippen LogP contribution is -2.59. The van der Waals surface area contributed by atoms with Crippen molar-refractivity contribution in [1.82, 2.24) is 4.90 Å². The number of benzene rings is 2. The highest BCUT2D eigenvalue weighted by Gasteiger charge is 2.45. The summed E-state index contributed by atoms with van der Waals surface area (Å²) in [6.45, 7) is 6.35. The molecule has 0 bridgehead atoms. The first-order valence-electron chi connectivity index (χ1n) is 11.0. The first-order chi connectivity index (χ1) is 15.6. The SMILES string of the molecule is CCC(=O)[C@@](C)(C(=O)CO)N(C)C(=O)c1ccc(-c2ccc(OCC3(C)COC3)cc2)cc1. The van der Waals surface area contributed by atoms with E-state index in [1.165, 1.54) is 14.0 Å². The third-order valence-corrected chi connectivity index (χ3v) is 6.33. The number of aliphatic hydroxyl groups excluding tert-OH is 1. The lowest BCUT2D eigenvalue weighted by atomic mass is 9.87. The molecular weight excluding hydrogens is 422 g/mol. The van der Waals surface area contributed by atoms with Gasteiger partial charge >= 0.3 is 0 Å². The van der Waals surface area contributed by atoms with E-state index in [9.17, 15) is 19.5 Å². The van der Waals surface area contributed by atoms with Crippen LogP contribution in [0, 0.1) is 5.41 Å². The summed E-state index contributed by atoms with van der Waals surface area (Å²) in [7, 11) is 1.41. The zero-order chi connectivity index (χ0) is 24.2. The van der Waals surface area contributed by atoms with Crippen LogP contribution >= 0.6 is 0 Å². The molecule has 0 spiro atoms. The maximum absolute atomic E-state index is 13.0. The van der Waals surface area contributed by atoms with Gasteiger partial charge in [-0.25, -0.2) is 0 Å². The Labute approximate surface area is 194 Å². The van der Waals surface area contributed by atoms with Crippen LogP contribution in [0.1, 0.15) is 37.6 Å². The van der Waals surface area contributed by atoms with Crippen molar-refractivity contribution >= 4 is 17.5 Å². The van der Waals surface area contributed by atoms with Crippen LogP contribution in [0.5, 0.6) is 5.75 Å². The van der Waals surface area contributed by atoms with Gasteiger partial charge in [0.15, 0.2) is 17.1 Å². The maximum Gasteiger partial charge on any atom is 0.254 e. The smallest absolute Gasteiger partial charge is 0.254 e. The van der Waals surface area contributed by atoms with Crippen LogP contribution in [0.2, 0.25) is 0 Å². The second-order valence-corrected chi connectivity index (χ2v) is 8.99. The van der Waals surface area contributed by atoms with Crippen LogP contribution in [-0.4, -0.2) is 66.5 Å². The molecule has 0 aromatic heterocycles. The van der Waals surface area contributed by atoms with E-state index in [0.29, 0.717) is 25.4 Å². The van der Waals surface area contributed by atoms with Crippen LogP contribution < -0.4 is 4.74 Å². The lowest BCUT2D eigenvalue weighted by molar-refractivity contribution is -0.141. The first kappa shape index (κ1) is 24.6. The molecule has 1 heterocycles. The van der Waals surface area contributed by atoms with E-state index >= 15 is 0 Å². The molecule has 1 amide bonds. The van der Waals surface area contributed by atoms with Crippen molar-refractivity contribution in [2.45, 2.75) is 32.7 Å². The Hall–Kier alpha value is -3.03. The Bertz CT molecular complexity index is 992. The molecule has 1 atom stereocenters. The van der Waals surface area contributed by atoms with E-state index in [1.807, 2.05) is 36.4 Å². The molecule has 7 nitrogen and oxygen atoms in total. The summed E-state index contributed by atoms with van der Waals surface area (Å²) in [5, 5.41) is 9.33. The summed E-state index contributed by atoms with van der Waals surface area (Å²) in [5.74, 6) is -0.809. The number of carbonyl (C=O) groups excluding carboxylic acids is 3. The topological polar surface area (TPSA) is 93.1 Å². The molecule has 3 rings (SSSR count). The minimum absolute atomic E-state index is 0.0749. The minimum Gasteiger partial charge on any atom is -0.493 e. The largest absolute Gasteiger partial charge is 0.493 e. The second-order valence-electron chi connectivity index (χ2n) is 8.99. The molecule has 0 aliphatic carbocycles. The fourth-order valence-electron chi connectivity index (χ4n) is 3.76. The minimum atomic E-state index is -1.71. The predicted molar refractivity (Wildman–Crippen MR) is 124 cm³/mol. The molecule has 0 saturated carbocycles. The summed E-state index contributed by atoms with van der Waals surface area (Å²) >= 11 is 0. The number of nitrogens with zero attached hydrogens (tertiary/aromatic N) is 1. The summed E-state index contributed by atoms with van der Waals surface area (Å²) in [4.78, 5) is 38.9. The van der Waals surface area contributed by atoms with E-state index in [-0.39, 0.29) is 11.8 Å². The molecule has 1 aliphatic rings. The third kappa shape index (κ3) is 4.99. The number of rotatable bonds is 10. The molecule has 1 N–H and O–H groups in total. The van der Waals surface area contributed by atoms with E-state index in [4.69, 9.17) is 9.47 Å². The number of hydrogen-bond acceptors (Lipinski definition) is 6. The predicted octanol–water partition coefficient (Wildman–Crippen LogP) is 3.14. The number of carbonyl (C=O) groups is 3. The van der Waals surface area contributed by atoms with Crippen LogP contribution in [0.4, 0.5) is 0 Å². The lowest BCUT2D eigenvalue weighted by Gasteiger charge is -2.37. The Morgan fingerprint density at radius 3 is 2.03 bits per heavy atom. The van der Waals surface area contributed by atoms with Crippen molar-refractivity contribution in [3.63, 3.8) is 0 Å². The Kier molecular flexibility index (Phi) is 7.34. The number of hydrogen-bond donors (Lipinski definition) is 1. The number of ether oxygens (including phenoxy) is 2. The molecule has 176 valence electrons. The molecule has 33 heavy (non-hydrogen) atoms.